The number of sulfonamides is 1. The minimum atomic E-state index is -3.12. The average molecular weight is 314 g/mol. The second-order valence-electron chi connectivity index (χ2n) is 5.85. The first kappa shape index (κ1) is 16.4. The van der Waals surface area contributed by atoms with Crippen LogP contribution in [0.3, 0.4) is 0 Å². The van der Waals surface area contributed by atoms with Gasteiger partial charge in [0.05, 0.1) is 6.26 Å². The molecule has 0 saturated carbocycles. The first-order valence-electron chi connectivity index (χ1n) is 7.31. The summed E-state index contributed by atoms with van der Waals surface area (Å²) < 4.78 is 37.9. The molecule has 0 bridgehead atoms. The van der Waals surface area contributed by atoms with Crippen molar-refractivity contribution in [2.24, 2.45) is 11.7 Å². The van der Waals surface area contributed by atoms with Crippen molar-refractivity contribution in [1.29, 1.82) is 0 Å². The number of nitrogens with zero attached hydrogens (tertiary/aromatic N) is 1. The smallest absolute Gasteiger partial charge is 0.211 e. The first-order chi connectivity index (χ1) is 9.90. The number of rotatable bonds is 5. The van der Waals surface area contributed by atoms with E-state index < -0.39 is 10.0 Å². The van der Waals surface area contributed by atoms with Gasteiger partial charge in [0.25, 0.3) is 0 Å². The predicted octanol–water partition coefficient (Wildman–Crippen LogP) is 1.93. The van der Waals surface area contributed by atoms with Crippen molar-refractivity contribution >= 4 is 10.0 Å². The molecule has 1 aromatic rings. The van der Waals surface area contributed by atoms with Gasteiger partial charge in [-0.15, -0.1) is 0 Å². The molecule has 1 aliphatic rings. The molecule has 4 nitrogen and oxygen atoms in total. The van der Waals surface area contributed by atoms with Gasteiger partial charge in [-0.05, 0) is 55.3 Å². The van der Waals surface area contributed by atoms with Crippen LogP contribution in [0.15, 0.2) is 24.3 Å². The van der Waals surface area contributed by atoms with Crippen LogP contribution in [-0.4, -0.2) is 38.6 Å². The monoisotopic (exact) mass is 314 g/mol. The van der Waals surface area contributed by atoms with Gasteiger partial charge in [-0.3, -0.25) is 0 Å². The average Bonchev–Trinajstić information content (AvgIpc) is 2.45. The van der Waals surface area contributed by atoms with Crippen molar-refractivity contribution in [3.8, 4) is 0 Å². The highest BCUT2D eigenvalue weighted by Crippen LogP contribution is 2.29. The van der Waals surface area contributed by atoms with Gasteiger partial charge in [0, 0.05) is 13.1 Å². The summed E-state index contributed by atoms with van der Waals surface area (Å²) in [4.78, 5) is 0. The summed E-state index contributed by atoms with van der Waals surface area (Å²) in [6.07, 6.45) is 4.01. The second kappa shape index (κ2) is 6.85. The van der Waals surface area contributed by atoms with Crippen molar-refractivity contribution in [2.75, 3.05) is 25.9 Å². The third-order valence-electron chi connectivity index (χ3n) is 4.19. The second-order valence-corrected chi connectivity index (χ2v) is 7.83. The minimum absolute atomic E-state index is 0.148. The maximum atomic E-state index is 13.0. The van der Waals surface area contributed by atoms with Crippen molar-refractivity contribution < 1.29 is 12.8 Å². The Labute approximate surface area is 126 Å². The van der Waals surface area contributed by atoms with Crippen molar-refractivity contribution in [3.05, 3.63) is 35.6 Å². The van der Waals surface area contributed by atoms with Crippen LogP contribution >= 0.6 is 0 Å². The Kier molecular flexibility index (Phi) is 5.35. The Bertz CT molecular complexity index is 560. The lowest BCUT2D eigenvalue weighted by molar-refractivity contribution is 0.247. The lowest BCUT2D eigenvalue weighted by Crippen LogP contribution is -2.39. The van der Waals surface area contributed by atoms with E-state index in [1.165, 1.54) is 18.4 Å². The zero-order valence-corrected chi connectivity index (χ0v) is 13.2. The fourth-order valence-electron chi connectivity index (χ4n) is 3.03. The topological polar surface area (TPSA) is 63.4 Å². The van der Waals surface area contributed by atoms with Crippen LogP contribution in [-0.2, 0) is 10.0 Å². The van der Waals surface area contributed by atoms with E-state index in [4.69, 9.17) is 5.73 Å². The molecule has 21 heavy (non-hydrogen) atoms. The molecule has 0 aliphatic carbocycles. The van der Waals surface area contributed by atoms with Crippen LogP contribution in [0, 0.1) is 11.7 Å². The SMILES string of the molecule is CS(=O)(=O)N1CCCC(CC(CN)c2ccc(F)cc2)C1. The van der Waals surface area contributed by atoms with E-state index >= 15 is 0 Å². The molecule has 0 amide bonds. The Morgan fingerprint density at radius 3 is 2.62 bits per heavy atom. The van der Waals surface area contributed by atoms with E-state index in [0.29, 0.717) is 25.6 Å². The van der Waals surface area contributed by atoms with Gasteiger partial charge in [-0.2, -0.15) is 0 Å². The molecule has 1 saturated heterocycles. The molecule has 6 heteroatoms. The van der Waals surface area contributed by atoms with E-state index in [1.54, 1.807) is 16.4 Å². The number of hydrogen-bond acceptors (Lipinski definition) is 3. The number of nitrogens with two attached hydrogens (primary N) is 1. The minimum Gasteiger partial charge on any atom is -0.330 e. The van der Waals surface area contributed by atoms with Gasteiger partial charge >= 0.3 is 0 Å². The zero-order chi connectivity index (χ0) is 15.5. The molecule has 2 N–H and O–H groups in total. The lowest BCUT2D eigenvalue weighted by atomic mass is 9.85. The van der Waals surface area contributed by atoms with Gasteiger partial charge in [0.2, 0.25) is 10.0 Å². The fraction of sp³-hybridized carbons (Fsp3) is 0.600. The summed E-state index contributed by atoms with van der Waals surface area (Å²) >= 11 is 0. The highest BCUT2D eigenvalue weighted by molar-refractivity contribution is 7.88. The molecule has 0 radical (unpaired) electrons. The quantitative estimate of drug-likeness (QED) is 0.903. The molecule has 2 atom stereocenters. The lowest BCUT2D eigenvalue weighted by Gasteiger charge is -2.32. The van der Waals surface area contributed by atoms with Crippen LogP contribution in [0.25, 0.3) is 0 Å². The summed E-state index contributed by atoms with van der Waals surface area (Å²) in [5.74, 6) is 0.206. The summed E-state index contributed by atoms with van der Waals surface area (Å²) in [6, 6.07) is 6.43. The molecule has 0 spiro atoms. The molecule has 1 fully saturated rings. The molecule has 2 unspecified atom stereocenters. The van der Waals surface area contributed by atoms with Crippen LogP contribution < -0.4 is 5.73 Å². The van der Waals surface area contributed by atoms with Crippen LogP contribution in [0.1, 0.15) is 30.7 Å². The van der Waals surface area contributed by atoms with Crippen LogP contribution in [0.2, 0.25) is 0 Å². The Morgan fingerprint density at radius 2 is 2.05 bits per heavy atom. The molecule has 1 aliphatic heterocycles. The molecule has 1 aromatic carbocycles. The molecule has 0 aromatic heterocycles. The van der Waals surface area contributed by atoms with E-state index in [9.17, 15) is 12.8 Å². The standard InChI is InChI=1S/C15H23FN2O2S/c1-21(19,20)18-8-2-3-12(11-18)9-14(10-17)13-4-6-15(16)7-5-13/h4-7,12,14H,2-3,8-11,17H2,1H3. The molecule has 118 valence electrons. The summed E-state index contributed by atoms with van der Waals surface area (Å²) in [5.41, 5.74) is 6.88. The Morgan fingerprint density at radius 1 is 1.38 bits per heavy atom. The highest BCUT2D eigenvalue weighted by Gasteiger charge is 2.27. The van der Waals surface area contributed by atoms with Crippen molar-refractivity contribution in [3.63, 3.8) is 0 Å². The van der Waals surface area contributed by atoms with Gasteiger partial charge in [0.1, 0.15) is 5.82 Å². The van der Waals surface area contributed by atoms with Gasteiger partial charge in [0.15, 0.2) is 0 Å². The summed E-state index contributed by atoms with van der Waals surface area (Å²) in [6.45, 7) is 1.66. The van der Waals surface area contributed by atoms with Gasteiger partial charge < -0.3 is 5.73 Å². The molecule has 1 heterocycles. The Hall–Kier alpha value is -0.980. The van der Waals surface area contributed by atoms with E-state index in [2.05, 4.69) is 0 Å². The molecular weight excluding hydrogens is 291 g/mol. The third-order valence-corrected chi connectivity index (χ3v) is 5.46. The molecular formula is C15H23FN2O2S. The summed E-state index contributed by atoms with van der Waals surface area (Å²) in [5, 5.41) is 0. The van der Waals surface area contributed by atoms with E-state index in [0.717, 1.165) is 24.8 Å². The Balaban J connectivity index is 2.03. The number of hydrogen-bond donors (Lipinski definition) is 1. The highest BCUT2D eigenvalue weighted by atomic mass is 32.2. The number of benzene rings is 1. The third kappa shape index (κ3) is 4.49. The number of halogens is 1. The van der Waals surface area contributed by atoms with Crippen molar-refractivity contribution in [1.82, 2.24) is 4.31 Å². The van der Waals surface area contributed by atoms with Crippen LogP contribution in [0.4, 0.5) is 4.39 Å². The van der Waals surface area contributed by atoms with E-state index in [1.807, 2.05) is 0 Å². The first-order valence-corrected chi connectivity index (χ1v) is 9.15. The predicted molar refractivity (Wildman–Crippen MR) is 82.0 cm³/mol. The summed E-state index contributed by atoms with van der Waals surface area (Å²) in [7, 11) is -3.12. The normalized spacial score (nSPS) is 22.1. The van der Waals surface area contributed by atoms with Gasteiger partial charge in [-0.25, -0.2) is 17.1 Å². The van der Waals surface area contributed by atoms with E-state index in [-0.39, 0.29) is 11.7 Å². The largest absolute Gasteiger partial charge is 0.330 e. The zero-order valence-electron chi connectivity index (χ0n) is 12.3. The van der Waals surface area contributed by atoms with Crippen molar-refractivity contribution in [2.45, 2.75) is 25.2 Å². The van der Waals surface area contributed by atoms with Crippen LogP contribution in [0.5, 0.6) is 0 Å². The maximum absolute atomic E-state index is 13.0. The molecule has 2 rings (SSSR count). The number of piperidine rings is 1. The van der Waals surface area contributed by atoms with Gasteiger partial charge in [-0.1, -0.05) is 12.1 Å². The maximum Gasteiger partial charge on any atom is 0.211 e. The fourth-order valence-corrected chi connectivity index (χ4v) is 3.97.